The SMILES string of the molecule is Cc1cccc(COc2cccc(C(=O)N3CCC3)c2)c1. The first-order chi connectivity index (χ1) is 10.2. The molecular formula is C18H19NO2. The van der Waals surface area contributed by atoms with Crippen molar-refractivity contribution in [1.29, 1.82) is 0 Å². The van der Waals surface area contributed by atoms with Gasteiger partial charge in [0.05, 0.1) is 0 Å². The molecule has 0 unspecified atom stereocenters. The first-order valence-corrected chi connectivity index (χ1v) is 7.30. The molecule has 1 aliphatic rings. The third-order valence-electron chi connectivity index (χ3n) is 3.71. The summed E-state index contributed by atoms with van der Waals surface area (Å²) >= 11 is 0. The normalized spacial score (nSPS) is 13.7. The number of rotatable bonds is 4. The molecule has 0 bridgehead atoms. The Balaban J connectivity index is 1.67. The van der Waals surface area contributed by atoms with Crippen LogP contribution in [0.2, 0.25) is 0 Å². The molecule has 108 valence electrons. The second kappa shape index (κ2) is 6.00. The van der Waals surface area contributed by atoms with Crippen molar-refractivity contribution in [2.24, 2.45) is 0 Å². The average Bonchev–Trinajstić information content (AvgIpc) is 2.44. The van der Waals surface area contributed by atoms with E-state index in [0.29, 0.717) is 12.2 Å². The van der Waals surface area contributed by atoms with E-state index < -0.39 is 0 Å². The number of benzene rings is 2. The van der Waals surface area contributed by atoms with Gasteiger partial charge in [-0.2, -0.15) is 0 Å². The van der Waals surface area contributed by atoms with E-state index in [-0.39, 0.29) is 5.91 Å². The lowest BCUT2D eigenvalue weighted by atomic mass is 10.1. The standard InChI is InChI=1S/C18H19NO2/c1-14-5-2-6-15(11-14)13-21-17-8-3-7-16(12-17)18(20)19-9-4-10-19/h2-3,5-8,11-12H,4,9-10,13H2,1H3. The molecule has 21 heavy (non-hydrogen) atoms. The molecule has 1 heterocycles. The summed E-state index contributed by atoms with van der Waals surface area (Å²) in [7, 11) is 0. The van der Waals surface area contributed by atoms with Gasteiger partial charge in [-0.05, 0) is 37.1 Å². The fourth-order valence-electron chi connectivity index (χ4n) is 2.39. The van der Waals surface area contributed by atoms with Crippen LogP contribution in [0.25, 0.3) is 0 Å². The Kier molecular flexibility index (Phi) is 3.91. The predicted octanol–water partition coefficient (Wildman–Crippen LogP) is 3.42. The van der Waals surface area contributed by atoms with Crippen molar-refractivity contribution in [3.05, 3.63) is 65.2 Å². The molecule has 0 radical (unpaired) electrons. The minimum absolute atomic E-state index is 0.0993. The number of hydrogen-bond donors (Lipinski definition) is 0. The van der Waals surface area contributed by atoms with Crippen molar-refractivity contribution in [1.82, 2.24) is 4.90 Å². The van der Waals surface area contributed by atoms with Gasteiger partial charge in [0.1, 0.15) is 12.4 Å². The van der Waals surface area contributed by atoms with Gasteiger partial charge in [-0.15, -0.1) is 0 Å². The van der Waals surface area contributed by atoms with Crippen LogP contribution < -0.4 is 4.74 Å². The molecule has 3 nitrogen and oxygen atoms in total. The zero-order valence-electron chi connectivity index (χ0n) is 12.2. The number of likely N-dealkylation sites (tertiary alicyclic amines) is 1. The van der Waals surface area contributed by atoms with E-state index in [1.165, 1.54) is 5.56 Å². The van der Waals surface area contributed by atoms with Crippen LogP contribution in [0.4, 0.5) is 0 Å². The monoisotopic (exact) mass is 281 g/mol. The summed E-state index contributed by atoms with van der Waals surface area (Å²) in [6.45, 7) is 4.32. The van der Waals surface area contributed by atoms with Crippen LogP contribution in [-0.4, -0.2) is 23.9 Å². The summed E-state index contributed by atoms with van der Waals surface area (Å²) in [6.07, 6.45) is 1.11. The Labute approximate surface area is 125 Å². The highest BCUT2D eigenvalue weighted by molar-refractivity contribution is 5.95. The number of aryl methyl sites for hydroxylation is 1. The summed E-state index contributed by atoms with van der Waals surface area (Å²) in [5.74, 6) is 0.838. The van der Waals surface area contributed by atoms with E-state index in [2.05, 4.69) is 19.1 Å². The Bertz CT molecular complexity index is 647. The summed E-state index contributed by atoms with van der Waals surface area (Å²) in [4.78, 5) is 14.0. The highest BCUT2D eigenvalue weighted by Gasteiger charge is 2.21. The molecule has 0 aromatic heterocycles. The van der Waals surface area contributed by atoms with Crippen LogP contribution in [0.3, 0.4) is 0 Å². The van der Waals surface area contributed by atoms with E-state index in [1.54, 1.807) is 0 Å². The molecule has 0 aliphatic carbocycles. The molecule has 1 amide bonds. The molecule has 1 aliphatic heterocycles. The molecule has 0 saturated carbocycles. The highest BCUT2D eigenvalue weighted by Crippen LogP contribution is 2.19. The minimum Gasteiger partial charge on any atom is -0.489 e. The predicted molar refractivity (Wildman–Crippen MR) is 82.5 cm³/mol. The Morgan fingerprint density at radius 2 is 1.95 bits per heavy atom. The maximum Gasteiger partial charge on any atom is 0.253 e. The molecule has 0 N–H and O–H groups in total. The van der Waals surface area contributed by atoms with Crippen molar-refractivity contribution in [3.8, 4) is 5.75 Å². The fourth-order valence-corrected chi connectivity index (χ4v) is 2.39. The number of ether oxygens (including phenoxy) is 1. The first kappa shape index (κ1) is 13.7. The maximum atomic E-state index is 12.2. The zero-order valence-corrected chi connectivity index (χ0v) is 12.2. The van der Waals surface area contributed by atoms with E-state index >= 15 is 0 Å². The molecule has 2 aromatic rings. The van der Waals surface area contributed by atoms with Gasteiger partial charge in [-0.25, -0.2) is 0 Å². The number of carbonyl (C=O) groups is 1. The van der Waals surface area contributed by atoms with Crippen LogP contribution in [0.5, 0.6) is 5.75 Å². The van der Waals surface area contributed by atoms with Crippen LogP contribution in [0, 0.1) is 6.92 Å². The van der Waals surface area contributed by atoms with Crippen molar-refractivity contribution >= 4 is 5.91 Å². The lowest BCUT2D eigenvalue weighted by Crippen LogP contribution is -2.41. The summed E-state index contributed by atoms with van der Waals surface area (Å²) < 4.78 is 5.80. The second-order valence-corrected chi connectivity index (χ2v) is 5.45. The van der Waals surface area contributed by atoms with Gasteiger partial charge >= 0.3 is 0 Å². The van der Waals surface area contributed by atoms with Gasteiger partial charge in [0.25, 0.3) is 5.91 Å². The number of nitrogens with zero attached hydrogens (tertiary/aromatic N) is 1. The van der Waals surface area contributed by atoms with Gasteiger partial charge in [0.2, 0.25) is 0 Å². The van der Waals surface area contributed by atoms with E-state index in [1.807, 2.05) is 41.3 Å². The number of amides is 1. The third-order valence-corrected chi connectivity index (χ3v) is 3.71. The molecule has 2 aromatic carbocycles. The third kappa shape index (κ3) is 3.24. The van der Waals surface area contributed by atoms with E-state index in [9.17, 15) is 4.79 Å². The van der Waals surface area contributed by atoms with E-state index in [4.69, 9.17) is 4.74 Å². The zero-order chi connectivity index (χ0) is 14.7. The van der Waals surface area contributed by atoms with Gasteiger partial charge in [-0.3, -0.25) is 4.79 Å². The van der Waals surface area contributed by atoms with Crippen molar-refractivity contribution in [2.45, 2.75) is 20.0 Å². The van der Waals surface area contributed by atoms with Crippen LogP contribution in [0.15, 0.2) is 48.5 Å². The van der Waals surface area contributed by atoms with E-state index in [0.717, 1.165) is 30.8 Å². The smallest absolute Gasteiger partial charge is 0.253 e. The summed E-state index contributed by atoms with van der Waals surface area (Å²) in [5, 5.41) is 0. The highest BCUT2D eigenvalue weighted by atomic mass is 16.5. The van der Waals surface area contributed by atoms with Crippen molar-refractivity contribution in [2.75, 3.05) is 13.1 Å². The molecule has 1 fully saturated rings. The van der Waals surface area contributed by atoms with Gasteiger partial charge in [-0.1, -0.05) is 35.9 Å². The average molecular weight is 281 g/mol. The minimum atomic E-state index is 0.0993. The Morgan fingerprint density at radius 3 is 2.67 bits per heavy atom. The molecule has 0 spiro atoms. The molecule has 3 rings (SSSR count). The lowest BCUT2D eigenvalue weighted by molar-refractivity contribution is 0.0651. The topological polar surface area (TPSA) is 29.5 Å². The van der Waals surface area contributed by atoms with Crippen molar-refractivity contribution < 1.29 is 9.53 Å². The summed E-state index contributed by atoms with van der Waals surface area (Å²) in [6, 6.07) is 15.7. The van der Waals surface area contributed by atoms with Gasteiger partial charge < -0.3 is 9.64 Å². The largest absolute Gasteiger partial charge is 0.489 e. The molecule has 0 atom stereocenters. The van der Waals surface area contributed by atoms with Crippen LogP contribution >= 0.6 is 0 Å². The van der Waals surface area contributed by atoms with Crippen LogP contribution in [0.1, 0.15) is 27.9 Å². The quantitative estimate of drug-likeness (QED) is 0.859. The Morgan fingerprint density at radius 1 is 1.14 bits per heavy atom. The van der Waals surface area contributed by atoms with Gasteiger partial charge in [0, 0.05) is 18.7 Å². The van der Waals surface area contributed by atoms with Crippen LogP contribution in [-0.2, 0) is 6.61 Å². The first-order valence-electron chi connectivity index (χ1n) is 7.30. The van der Waals surface area contributed by atoms with Gasteiger partial charge in [0.15, 0.2) is 0 Å². The molecule has 3 heteroatoms. The molecular weight excluding hydrogens is 262 g/mol. The second-order valence-electron chi connectivity index (χ2n) is 5.45. The summed E-state index contributed by atoms with van der Waals surface area (Å²) in [5.41, 5.74) is 3.06. The molecule has 1 saturated heterocycles. The maximum absolute atomic E-state index is 12.2. The number of carbonyl (C=O) groups excluding carboxylic acids is 1. The fraction of sp³-hybridized carbons (Fsp3) is 0.278. The lowest BCUT2D eigenvalue weighted by Gasteiger charge is -2.30. The van der Waals surface area contributed by atoms with Crippen molar-refractivity contribution in [3.63, 3.8) is 0 Å². The Hall–Kier alpha value is -2.29. The number of hydrogen-bond acceptors (Lipinski definition) is 2.